The Balaban J connectivity index is 1.42. The van der Waals surface area contributed by atoms with Crippen molar-refractivity contribution in [3.63, 3.8) is 0 Å². The third-order valence-electron chi connectivity index (χ3n) is 12.2. The lowest BCUT2D eigenvalue weighted by atomic mass is 9.80. The predicted molar refractivity (Wildman–Crippen MR) is 252 cm³/mol. The van der Waals surface area contributed by atoms with E-state index in [-0.39, 0.29) is 42.6 Å². The normalized spacial score (nSPS) is 18.8. The first kappa shape index (κ1) is 51.3. The molecule has 21 heteroatoms. The number of carboxylic acid groups (broad SMARTS) is 1. The average Bonchev–Trinajstić information content (AvgIpc) is 3.69. The smallest absolute Gasteiger partial charge is 0.335 e. The number of allylic oxidation sites excluding steroid dienone is 7. The van der Waals surface area contributed by atoms with E-state index in [1.54, 1.807) is 46.1 Å². The number of carbonyl (C=O) groups is 3. The third kappa shape index (κ3) is 11.6. The number of aliphatic imine (C=N–C) groups is 2. The van der Waals surface area contributed by atoms with E-state index in [1.165, 1.54) is 40.4 Å². The second-order valence-electron chi connectivity index (χ2n) is 17.6. The molecule has 0 spiro atoms. The molecule has 2 amide bonds. The van der Waals surface area contributed by atoms with Gasteiger partial charge in [-0.25, -0.2) is 24.5 Å². The Morgan fingerprint density at radius 3 is 2.13 bits per heavy atom. The molecule has 68 heavy (non-hydrogen) atoms. The van der Waals surface area contributed by atoms with Crippen molar-refractivity contribution in [2.75, 3.05) is 46.4 Å². The van der Waals surface area contributed by atoms with Gasteiger partial charge in [-0.15, -0.1) is 0 Å². The van der Waals surface area contributed by atoms with Gasteiger partial charge >= 0.3 is 11.8 Å². The molecule has 0 bridgehead atoms. The zero-order chi connectivity index (χ0) is 49.9. The van der Waals surface area contributed by atoms with Gasteiger partial charge in [0, 0.05) is 44.2 Å². The van der Waals surface area contributed by atoms with Crippen LogP contribution >= 0.6 is 0 Å². The Morgan fingerprint density at radius 1 is 0.853 bits per heavy atom. The maximum Gasteiger partial charge on any atom is 0.335 e. The number of fused-ring (bicyclic) bond motifs is 2. The van der Waals surface area contributed by atoms with E-state index in [2.05, 4.69) is 0 Å². The zero-order valence-electron chi connectivity index (χ0n) is 39.2. The summed E-state index contributed by atoms with van der Waals surface area (Å²) < 4.78 is 73.6. The van der Waals surface area contributed by atoms with Gasteiger partial charge in [0.05, 0.1) is 65.6 Å². The van der Waals surface area contributed by atoms with Crippen LogP contribution in [0.2, 0.25) is 0 Å². The largest absolute Gasteiger partial charge is 0.478 e. The molecule has 0 fully saturated rings. The summed E-state index contributed by atoms with van der Waals surface area (Å²) in [6, 6.07) is 7.81. The van der Waals surface area contributed by atoms with E-state index in [1.807, 2.05) is 52.0 Å². The highest BCUT2D eigenvalue weighted by atomic mass is 32.2. The second-order valence-corrected chi connectivity index (χ2v) is 20.8. The van der Waals surface area contributed by atoms with Crippen molar-refractivity contribution in [2.24, 2.45) is 15.4 Å². The van der Waals surface area contributed by atoms with Crippen LogP contribution in [0.5, 0.6) is 5.75 Å². The molecule has 3 N–H and O–H groups in total. The fourth-order valence-electron chi connectivity index (χ4n) is 8.16. The average molecular weight is 978 g/mol. The maximum atomic E-state index is 13.3. The summed E-state index contributed by atoms with van der Waals surface area (Å²) in [5.41, 5.74) is 3.49. The van der Waals surface area contributed by atoms with Gasteiger partial charge in [-0.2, -0.15) is 16.8 Å². The number of carbonyl (C=O) groups excluding carboxylic acids is 2. The standard InChI is InChI=1S/C47H56N6O13S2/c1-46(2)36-26-33(43(54)50(5)64-7)28-52(22-10-24-67(58,59)60)41(36)48-38(46)20-16-30-12-9-13-31(40(30)66-35-18-14-32(15-19-35)45(56)57)17-21-39-47(3,4)37-27-34(44(55)51(6)65-8)29-53(42(37)49-39)23-11-25-68(61,62)63/h14-21,26-29H,9-13,22-25H2,1-8H3,(H2-,56,57,58,59,60,61,62,63)/p+1. The van der Waals surface area contributed by atoms with Crippen LogP contribution in [0.25, 0.3) is 0 Å². The lowest BCUT2D eigenvalue weighted by molar-refractivity contribution is -0.684. The van der Waals surface area contributed by atoms with Crippen LogP contribution in [-0.4, -0.2) is 122 Å². The van der Waals surface area contributed by atoms with Crippen molar-refractivity contribution >= 4 is 55.4 Å². The van der Waals surface area contributed by atoms with Gasteiger partial charge in [-0.1, -0.05) is 26.0 Å². The Morgan fingerprint density at radius 2 is 1.50 bits per heavy atom. The van der Waals surface area contributed by atoms with Crippen LogP contribution in [-0.2, 0) is 46.7 Å². The van der Waals surface area contributed by atoms with Crippen LogP contribution in [0.15, 0.2) is 117 Å². The van der Waals surface area contributed by atoms with Crippen molar-refractivity contribution in [1.29, 1.82) is 0 Å². The summed E-state index contributed by atoms with van der Waals surface area (Å²) in [7, 11) is -2.80. The molecule has 0 radical (unpaired) electrons. The highest BCUT2D eigenvalue weighted by Crippen LogP contribution is 2.46. The van der Waals surface area contributed by atoms with E-state index in [0.29, 0.717) is 58.5 Å². The first-order valence-electron chi connectivity index (χ1n) is 21.7. The molecule has 1 aromatic heterocycles. The Bertz CT molecular complexity index is 2870. The van der Waals surface area contributed by atoms with Crippen molar-refractivity contribution in [2.45, 2.75) is 71.8 Å². The molecule has 4 aliphatic rings. The fraction of sp³-hybridized carbons (Fsp3) is 0.404. The zero-order valence-corrected chi connectivity index (χ0v) is 40.8. The van der Waals surface area contributed by atoms with Crippen LogP contribution in [0.3, 0.4) is 0 Å². The monoisotopic (exact) mass is 977 g/mol. The molecular weight excluding hydrogens is 921 g/mol. The van der Waals surface area contributed by atoms with Crippen molar-refractivity contribution in [3.05, 3.63) is 124 Å². The van der Waals surface area contributed by atoms with Gasteiger partial charge in [-0.3, -0.25) is 28.4 Å². The molecule has 0 saturated carbocycles. The van der Waals surface area contributed by atoms with Gasteiger partial charge in [0.1, 0.15) is 23.5 Å². The summed E-state index contributed by atoms with van der Waals surface area (Å²) in [6.07, 6.45) is 14.6. The second kappa shape index (κ2) is 20.2. The van der Waals surface area contributed by atoms with Gasteiger partial charge in [-0.05, 0) is 104 Å². The predicted octanol–water partition coefficient (Wildman–Crippen LogP) is 5.69. The van der Waals surface area contributed by atoms with Crippen LogP contribution in [0.4, 0.5) is 5.82 Å². The molecule has 3 aliphatic heterocycles. The highest BCUT2D eigenvalue weighted by molar-refractivity contribution is 7.86. The number of aromatic nitrogens is 1. The number of hydroxylamine groups is 4. The lowest BCUT2D eigenvalue weighted by Gasteiger charge is -2.31. The minimum atomic E-state index is -4.24. The number of ether oxygens (including phenoxy) is 1. The first-order chi connectivity index (χ1) is 31.8. The number of benzene rings is 1. The number of likely N-dealkylation sites (N-methyl/N-ethyl adjacent to an activating group) is 1. The van der Waals surface area contributed by atoms with Crippen molar-refractivity contribution in [1.82, 2.24) is 15.0 Å². The van der Waals surface area contributed by atoms with E-state index in [0.717, 1.165) is 27.7 Å². The number of nitrogens with zero attached hydrogens (tertiary/aromatic N) is 6. The van der Waals surface area contributed by atoms with Crippen LogP contribution < -0.4 is 9.30 Å². The van der Waals surface area contributed by atoms with Gasteiger partial charge in [0.2, 0.25) is 0 Å². The molecule has 0 saturated heterocycles. The number of hydrogen-bond donors (Lipinski definition) is 3. The quantitative estimate of drug-likeness (QED) is 0.0923. The lowest BCUT2D eigenvalue weighted by Crippen LogP contribution is -2.38. The minimum Gasteiger partial charge on any atom is -0.478 e. The highest BCUT2D eigenvalue weighted by Gasteiger charge is 2.44. The van der Waals surface area contributed by atoms with E-state index in [9.17, 15) is 45.4 Å². The van der Waals surface area contributed by atoms with Crippen LogP contribution in [0.1, 0.15) is 86.1 Å². The maximum absolute atomic E-state index is 13.3. The number of amides is 2. The topological polar surface area (TPSA) is 246 Å². The molecule has 2 aromatic rings. The van der Waals surface area contributed by atoms with Gasteiger partial charge in [0.25, 0.3) is 32.1 Å². The summed E-state index contributed by atoms with van der Waals surface area (Å²) in [4.78, 5) is 60.4. The van der Waals surface area contributed by atoms with Crippen molar-refractivity contribution < 1.29 is 64.4 Å². The van der Waals surface area contributed by atoms with E-state index >= 15 is 0 Å². The number of rotatable bonds is 18. The van der Waals surface area contributed by atoms with Crippen LogP contribution in [0, 0.1) is 5.41 Å². The summed E-state index contributed by atoms with van der Waals surface area (Å²) >= 11 is 0. The number of amidine groups is 1. The molecule has 1 aliphatic carbocycles. The molecule has 19 nitrogen and oxygen atoms in total. The third-order valence-corrected chi connectivity index (χ3v) is 13.8. The first-order valence-corrected chi connectivity index (χ1v) is 24.9. The summed E-state index contributed by atoms with van der Waals surface area (Å²) in [5, 5.41) is 11.7. The Hall–Kier alpha value is -6.10. The van der Waals surface area contributed by atoms with E-state index in [4.69, 9.17) is 24.4 Å². The molecule has 0 atom stereocenters. The molecule has 6 rings (SSSR count). The fourth-order valence-corrected chi connectivity index (χ4v) is 9.15. The summed E-state index contributed by atoms with van der Waals surface area (Å²) in [6.45, 7) is 8.12. The van der Waals surface area contributed by atoms with Gasteiger partial charge in [0.15, 0.2) is 5.71 Å². The molecule has 364 valence electrons. The minimum absolute atomic E-state index is 0.0570. The molecular formula is C47H57N6O13S2+. The number of hydrogen-bond acceptors (Lipinski definition) is 13. The molecule has 1 aromatic carbocycles. The Kier molecular flexibility index (Phi) is 15.3. The van der Waals surface area contributed by atoms with Gasteiger partial charge < -0.3 is 14.7 Å². The number of aryl methyl sites for hydroxylation is 1. The number of aromatic carboxylic acids is 1. The molecule has 0 unspecified atom stereocenters. The SMILES string of the molecule is CON(C)C(=O)C1=CN(CCCS(=O)(=O)O)C2=N/C(=C/C=C3\CCCC(/C=C/C4=Nc5c(cc(C(=O)N(C)OC)c[n+]5CCCS(=O)(=O)O)C4(C)C)=C3Oc3ccc(C(=O)O)cc3)C(C)(C)C2=C1. The number of pyridine rings is 1. The Labute approximate surface area is 396 Å². The summed E-state index contributed by atoms with van der Waals surface area (Å²) in [5.74, 6) is -0.950. The van der Waals surface area contributed by atoms with Crippen molar-refractivity contribution in [3.8, 4) is 5.75 Å². The number of carboxylic acids is 1. The van der Waals surface area contributed by atoms with E-state index < -0.39 is 60.4 Å². The molecule has 4 heterocycles.